The number of halogens is 1. The zero-order valence-electron chi connectivity index (χ0n) is 8.72. The summed E-state index contributed by atoms with van der Waals surface area (Å²) >= 11 is 7.12. The maximum absolute atomic E-state index is 11.7. The first-order chi connectivity index (χ1) is 8.16. The predicted molar refractivity (Wildman–Crippen MR) is 68.2 cm³/mol. The van der Waals surface area contributed by atoms with E-state index in [1.54, 1.807) is 35.8 Å². The summed E-state index contributed by atoms with van der Waals surface area (Å²) in [5.41, 5.74) is 0.236. The lowest BCUT2D eigenvalue weighted by molar-refractivity contribution is -0.127. The Balaban J connectivity index is 2.10. The molecule has 0 atom stereocenters. The van der Waals surface area contributed by atoms with Crippen LogP contribution in [0.2, 0.25) is 5.02 Å². The lowest BCUT2D eigenvalue weighted by Gasteiger charge is -2.04. The first-order valence-corrected chi connectivity index (χ1v) is 5.99. The van der Waals surface area contributed by atoms with E-state index in [1.165, 1.54) is 11.3 Å². The number of benzene rings is 1. The van der Waals surface area contributed by atoms with Crippen molar-refractivity contribution in [1.29, 1.82) is 0 Å². The van der Waals surface area contributed by atoms with Crippen molar-refractivity contribution in [2.75, 3.05) is 0 Å². The summed E-state index contributed by atoms with van der Waals surface area (Å²) in [6.07, 6.45) is 1.61. The largest absolute Gasteiger partial charge is 0.423 e. The van der Waals surface area contributed by atoms with Gasteiger partial charge in [-0.05, 0) is 18.2 Å². The van der Waals surface area contributed by atoms with Gasteiger partial charge >= 0.3 is 5.97 Å². The van der Waals surface area contributed by atoms with Crippen molar-refractivity contribution in [3.8, 4) is 5.75 Å². The molecule has 0 aliphatic carbocycles. The van der Waals surface area contributed by atoms with Crippen molar-refractivity contribution in [2.45, 2.75) is 0 Å². The minimum atomic E-state index is -0.526. The highest BCUT2D eigenvalue weighted by atomic mass is 35.5. The zero-order chi connectivity index (χ0) is 12.3. The highest BCUT2D eigenvalue weighted by Crippen LogP contribution is 2.21. The van der Waals surface area contributed by atoms with Crippen molar-refractivity contribution in [2.24, 2.45) is 0 Å². The van der Waals surface area contributed by atoms with E-state index in [9.17, 15) is 4.79 Å². The Hall–Kier alpha value is -1.65. The third kappa shape index (κ3) is 2.93. The molecule has 0 bridgehead atoms. The molecular formula is C12H8ClNO2S. The van der Waals surface area contributed by atoms with Crippen molar-refractivity contribution in [3.05, 3.63) is 52.5 Å². The highest BCUT2D eigenvalue weighted by molar-refractivity contribution is 7.11. The minimum absolute atomic E-state index is 0.236. The molecule has 0 aliphatic heterocycles. The third-order valence-corrected chi connectivity index (χ3v) is 3.01. The summed E-state index contributed by atoms with van der Waals surface area (Å²) in [6.45, 7) is 3.66. The van der Waals surface area contributed by atoms with E-state index in [4.69, 9.17) is 16.3 Å². The van der Waals surface area contributed by atoms with Crippen LogP contribution in [0.4, 0.5) is 0 Å². The molecule has 0 spiro atoms. The number of nitrogens with zero attached hydrogens (tertiary/aromatic N) is 1. The van der Waals surface area contributed by atoms with Crippen LogP contribution < -0.4 is 4.74 Å². The second kappa shape index (κ2) is 5.12. The molecule has 0 saturated carbocycles. The Morgan fingerprint density at radius 2 is 2.29 bits per heavy atom. The Kier molecular flexibility index (Phi) is 3.56. The van der Waals surface area contributed by atoms with Crippen LogP contribution in [0, 0.1) is 0 Å². The molecule has 1 aromatic heterocycles. The Bertz CT molecular complexity index is 551. The van der Waals surface area contributed by atoms with E-state index in [-0.39, 0.29) is 5.57 Å². The van der Waals surface area contributed by atoms with Crippen LogP contribution in [-0.4, -0.2) is 11.0 Å². The van der Waals surface area contributed by atoms with Crippen LogP contribution >= 0.6 is 22.9 Å². The molecule has 0 saturated heterocycles. The van der Waals surface area contributed by atoms with Gasteiger partial charge in [0.2, 0.25) is 0 Å². The zero-order valence-corrected chi connectivity index (χ0v) is 10.3. The van der Waals surface area contributed by atoms with Crippen LogP contribution in [0.5, 0.6) is 5.75 Å². The summed E-state index contributed by atoms with van der Waals surface area (Å²) in [6, 6.07) is 6.62. The van der Waals surface area contributed by atoms with Gasteiger partial charge in [0, 0.05) is 16.6 Å². The smallest absolute Gasteiger partial charge is 0.345 e. The molecule has 2 rings (SSSR count). The van der Waals surface area contributed by atoms with Gasteiger partial charge < -0.3 is 4.74 Å². The summed E-state index contributed by atoms with van der Waals surface area (Å²) in [7, 11) is 0. The van der Waals surface area contributed by atoms with Crippen molar-refractivity contribution in [3.63, 3.8) is 0 Å². The van der Waals surface area contributed by atoms with E-state index in [0.717, 1.165) is 0 Å². The number of carbonyl (C=O) groups excluding carboxylic acids is 1. The number of carbonyl (C=O) groups is 1. The van der Waals surface area contributed by atoms with Crippen LogP contribution in [0.1, 0.15) is 5.01 Å². The average molecular weight is 266 g/mol. The maximum atomic E-state index is 11.7. The second-order valence-corrected chi connectivity index (χ2v) is 4.49. The van der Waals surface area contributed by atoms with Gasteiger partial charge in [0.15, 0.2) is 0 Å². The summed E-state index contributed by atoms with van der Waals surface area (Å²) in [4.78, 5) is 15.7. The predicted octanol–water partition coefficient (Wildman–Crippen LogP) is 3.42. The fourth-order valence-corrected chi connectivity index (χ4v) is 1.94. The first-order valence-electron chi connectivity index (χ1n) is 4.73. The molecule has 2 aromatic rings. The molecule has 17 heavy (non-hydrogen) atoms. The first kappa shape index (κ1) is 11.8. The molecule has 0 unspecified atom stereocenters. The maximum Gasteiger partial charge on any atom is 0.345 e. The molecule has 86 valence electrons. The molecule has 5 heteroatoms. The van der Waals surface area contributed by atoms with Crippen LogP contribution in [0.25, 0.3) is 5.57 Å². The second-order valence-electron chi connectivity index (χ2n) is 3.16. The van der Waals surface area contributed by atoms with E-state index in [1.807, 2.05) is 0 Å². The third-order valence-electron chi connectivity index (χ3n) is 1.94. The van der Waals surface area contributed by atoms with Crippen molar-refractivity contribution >= 4 is 34.5 Å². The summed E-state index contributed by atoms with van der Waals surface area (Å²) < 4.78 is 5.12. The molecule has 0 N–H and O–H groups in total. The molecule has 0 amide bonds. The normalized spacial score (nSPS) is 9.94. The number of rotatable bonds is 3. The molecule has 0 fully saturated rings. The van der Waals surface area contributed by atoms with Gasteiger partial charge in [-0.15, -0.1) is 11.3 Å². The van der Waals surface area contributed by atoms with E-state index in [2.05, 4.69) is 11.6 Å². The number of thiazole rings is 1. The molecule has 0 radical (unpaired) electrons. The molecule has 1 aromatic carbocycles. The monoisotopic (exact) mass is 265 g/mol. The van der Waals surface area contributed by atoms with Gasteiger partial charge in [0.05, 0.1) is 5.57 Å². The standard InChI is InChI=1S/C12H8ClNO2S/c1-8(11-14-5-6-17-11)12(15)16-10-4-2-3-9(13)7-10/h2-7H,1H2. The fourth-order valence-electron chi connectivity index (χ4n) is 1.16. The summed E-state index contributed by atoms with van der Waals surface area (Å²) in [5.74, 6) is -0.137. The number of esters is 1. The van der Waals surface area contributed by atoms with Crippen LogP contribution in [0.3, 0.4) is 0 Å². The number of ether oxygens (including phenoxy) is 1. The van der Waals surface area contributed by atoms with Crippen molar-refractivity contribution < 1.29 is 9.53 Å². The topological polar surface area (TPSA) is 39.2 Å². The molecular weight excluding hydrogens is 258 g/mol. The minimum Gasteiger partial charge on any atom is -0.423 e. The Morgan fingerprint density at radius 1 is 1.47 bits per heavy atom. The van der Waals surface area contributed by atoms with Gasteiger partial charge in [0.1, 0.15) is 10.8 Å². The van der Waals surface area contributed by atoms with Gasteiger partial charge in [-0.25, -0.2) is 9.78 Å². The summed E-state index contributed by atoms with van der Waals surface area (Å²) in [5, 5.41) is 2.83. The van der Waals surface area contributed by atoms with E-state index in [0.29, 0.717) is 15.8 Å². The highest BCUT2D eigenvalue weighted by Gasteiger charge is 2.14. The molecule has 1 heterocycles. The lowest BCUT2D eigenvalue weighted by atomic mass is 10.3. The quantitative estimate of drug-likeness (QED) is 0.485. The van der Waals surface area contributed by atoms with E-state index >= 15 is 0 Å². The average Bonchev–Trinajstić information content (AvgIpc) is 2.81. The SMILES string of the molecule is C=C(C(=O)Oc1cccc(Cl)c1)c1nccs1. The van der Waals surface area contributed by atoms with Crippen LogP contribution in [-0.2, 0) is 4.79 Å². The van der Waals surface area contributed by atoms with Gasteiger partial charge in [-0.1, -0.05) is 24.2 Å². The van der Waals surface area contributed by atoms with Gasteiger partial charge in [-0.3, -0.25) is 0 Å². The number of hydrogen-bond donors (Lipinski definition) is 0. The Morgan fingerprint density at radius 3 is 2.94 bits per heavy atom. The lowest BCUT2D eigenvalue weighted by Crippen LogP contribution is -2.09. The van der Waals surface area contributed by atoms with Gasteiger partial charge in [-0.2, -0.15) is 0 Å². The van der Waals surface area contributed by atoms with Crippen molar-refractivity contribution in [1.82, 2.24) is 4.98 Å². The number of hydrogen-bond acceptors (Lipinski definition) is 4. The molecule has 0 aliphatic rings. The fraction of sp³-hybridized carbons (Fsp3) is 0. The molecule has 3 nitrogen and oxygen atoms in total. The van der Waals surface area contributed by atoms with Crippen LogP contribution in [0.15, 0.2) is 42.4 Å². The van der Waals surface area contributed by atoms with E-state index < -0.39 is 5.97 Å². The number of aromatic nitrogens is 1. The van der Waals surface area contributed by atoms with Gasteiger partial charge in [0.25, 0.3) is 0 Å². The Labute approximate surface area is 107 Å².